The van der Waals surface area contributed by atoms with Crippen LogP contribution in [0.15, 0.2) is 18.2 Å². The third-order valence-electron chi connectivity index (χ3n) is 2.63. The van der Waals surface area contributed by atoms with E-state index in [1.165, 1.54) is 14.0 Å². The van der Waals surface area contributed by atoms with Gasteiger partial charge in [0.15, 0.2) is 5.78 Å². The number of hydrogen-bond acceptors (Lipinski definition) is 3. The number of ether oxygens (including phenoxy) is 1. The van der Waals surface area contributed by atoms with Crippen LogP contribution in [0.25, 0.3) is 0 Å². The predicted octanol–water partition coefficient (Wildman–Crippen LogP) is 2.58. The molecule has 1 aromatic carbocycles. The van der Waals surface area contributed by atoms with Crippen molar-refractivity contribution >= 4 is 23.4 Å². The summed E-state index contributed by atoms with van der Waals surface area (Å²) in [4.78, 5) is 22.6. The van der Waals surface area contributed by atoms with E-state index in [1.54, 1.807) is 6.07 Å². The largest absolute Gasteiger partial charge is 0.469 e. The zero-order valence-corrected chi connectivity index (χ0v) is 10.9. The number of benzene rings is 1. The van der Waals surface area contributed by atoms with E-state index in [2.05, 4.69) is 4.74 Å². The topological polar surface area (TPSA) is 43.4 Å². The number of esters is 1. The summed E-state index contributed by atoms with van der Waals surface area (Å²) in [5.41, 5.74) is 2.39. The molecule has 0 amide bonds. The van der Waals surface area contributed by atoms with Gasteiger partial charge in [-0.25, -0.2) is 0 Å². The van der Waals surface area contributed by atoms with Crippen LogP contribution in [0.1, 0.15) is 29.0 Å². The number of carbonyl (C=O) groups is 2. The van der Waals surface area contributed by atoms with E-state index in [0.717, 1.165) is 11.1 Å². The van der Waals surface area contributed by atoms with Crippen LogP contribution in [-0.4, -0.2) is 18.9 Å². The zero-order chi connectivity index (χ0) is 13.0. The summed E-state index contributed by atoms with van der Waals surface area (Å²) in [6.07, 6.45) is 0.134. The number of Topliss-reactive ketones (excluding diaryl/α,β-unsaturated/α-hetero) is 1. The normalized spacial score (nSPS) is 12.0. The molecule has 0 bridgehead atoms. The first-order chi connectivity index (χ1) is 7.97. The van der Waals surface area contributed by atoms with Crippen molar-refractivity contribution in [1.29, 1.82) is 0 Å². The van der Waals surface area contributed by atoms with Crippen LogP contribution < -0.4 is 0 Å². The van der Waals surface area contributed by atoms with E-state index in [0.29, 0.717) is 5.56 Å². The lowest BCUT2D eigenvalue weighted by Crippen LogP contribution is -2.12. The first kappa shape index (κ1) is 13.7. The zero-order valence-electron chi connectivity index (χ0n) is 10.1. The van der Waals surface area contributed by atoms with E-state index in [9.17, 15) is 9.59 Å². The smallest absolute Gasteiger partial charge is 0.309 e. The Labute approximate surface area is 106 Å². The number of carbonyl (C=O) groups excluding carboxylic acids is 2. The number of aryl methyl sites for hydroxylation is 1. The monoisotopic (exact) mass is 254 g/mol. The fourth-order valence-electron chi connectivity index (χ4n) is 1.64. The van der Waals surface area contributed by atoms with Crippen molar-refractivity contribution in [2.75, 3.05) is 7.11 Å². The van der Waals surface area contributed by atoms with E-state index in [1.807, 2.05) is 19.1 Å². The van der Waals surface area contributed by atoms with Gasteiger partial charge in [-0.1, -0.05) is 18.2 Å². The molecule has 0 aromatic heterocycles. The van der Waals surface area contributed by atoms with Crippen LogP contribution in [0.3, 0.4) is 0 Å². The number of hydrogen-bond donors (Lipinski definition) is 0. The Kier molecular flexibility index (Phi) is 4.70. The van der Waals surface area contributed by atoms with Crippen molar-refractivity contribution < 1.29 is 14.3 Å². The highest BCUT2D eigenvalue weighted by molar-refractivity contribution is 6.31. The van der Waals surface area contributed by atoms with Crippen LogP contribution >= 0.6 is 11.6 Å². The molecule has 1 atom stereocenters. The van der Waals surface area contributed by atoms with Gasteiger partial charge in [-0.2, -0.15) is 0 Å². The SMILES string of the molecule is COC(=O)Cc1c(C)cccc1C(Cl)C(C)=O. The molecule has 3 nitrogen and oxygen atoms in total. The highest BCUT2D eigenvalue weighted by atomic mass is 35.5. The Morgan fingerprint density at radius 3 is 2.59 bits per heavy atom. The standard InChI is InChI=1S/C13H15ClO3/c1-8-5-4-6-10(13(14)9(2)15)11(8)7-12(16)17-3/h4-6,13H,7H2,1-3H3. The summed E-state index contributed by atoms with van der Waals surface area (Å²) >= 11 is 6.04. The van der Waals surface area contributed by atoms with Gasteiger partial charge >= 0.3 is 5.97 Å². The molecule has 0 aliphatic carbocycles. The second-order valence-corrected chi connectivity index (χ2v) is 4.31. The second kappa shape index (κ2) is 5.82. The van der Waals surface area contributed by atoms with Crippen molar-refractivity contribution in [2.24, 2.45) is 0 Å². The molecule has 92 valence electrons. The Morgan fingerprint density at radius 1 is 1.41 bits per heavy atom. The molecule has 0 radical (unpaired) electrons. The van der Waals surface area contributed by atoms with Gasteiger partial charge in [0.05, 0.1) is 13.5 Å². The minimum Gasteiger partial charge on any atom is -0.469 e. The van der Waals surface area contributed by atoms with E-state index >= 15 is 0 Å². The molecule has 0 N–H and O–H groups in total. The predicted molar refractivity (Wildman–Crippen MR) is 66.2 cm³/mol. The fraction of sp³-hybridized carbons (Fsp3) is 0.385. The van der Waals surface area contributed by atoms with Gasteiger partial charge in [-0.3, -0.25) is 9.59 Å². The molecule has 0 aliphatic heterocycles. The van der Waals surface area contributed by atoms with Gasteiger partial charge < -0.3 is 4.74 Å². The third kappa shape index (κ3) is 3.30. The molecule has 1 aromatic rings. The molecular formula is C13H15ClO3. The van der Waals surface area contributed by atoms with Crippen molar-refractivity contribution in [3.05, 3.63) is 34.9 Å². The Hall–Kier alpha value is -1.35. The molecule has 0 aliphatic rings. The molecule has 1 unspecified atom stereocenters. The van der Waals surface area contributed by atoms with Gasteiger partial charge in [0, 0.05) is 0 Å². The van der Waals surface area contributed by atoms with Gasteiger partial charge in [-0.15, -0.1) is 11.6 Å². The van der Waals surface area contributed by atoms with Crippen molar-refractivity contribution in [3.63, 3.8) is 0 Å². The molecule has 0 fully saturated rings. The molecule has 4 heteroatoms. The molecule has 0 spiro atoms. The van der Waals surface area contributed by atoms with Gasteiger partial charge in [0.25, 0.3) is 0 Å². The second-order valence-electron chi connectivity index (χ2n) is 3.87. The summed E-state index contributed by atoms with van der Waals surface area (Å²) in [5.74, 6) is -0.476. The molecule has 0 saturated heterocycles. The van der Waals surface area contributed by atoms with Crippen LogP contribution in [0.4, 0.5) is 0 Å². The highest BCUT2D eigenvalue weighted by Gasteiger charge is 2.19. The van der Waals surface area contributed by atoms with Gasteiger partial charge in [-0.05, 0) is 30.5 Å². The average Bonchev–Trinajstić information content (AvgIpc) is 2.30. The quantitative estimate of drug-likeness (QED) is 0.613. The first-order valence-corrected chi connectivity index (χ1v) is 5.70. The number of alkyl halides is 1. The molecule has 0 heterocycles. The Morgan fingerprint density at radius 2 is 2.06 bits per heavy atom. The lowest BCUT2D eigenvalue weighted by molar-refractivity contribution is -0.139. The van der Waals surface area contributed by atoms with Gasteiger partial charge in [0.2, 0.25) is 0 Å². The molecule has 17 heavy (non-hydrogen) atoms. The summed E-state index contributed by atoms with van der Waals surface area (Å²) in [7, 11) is 1.34. The van der Waals surface area contributed by atoms with Gasteiger partial charge in [0.1, 0.15) is 5.38 Å². The average molecular weight is 255 g/mol. The lowest BCUT2D eigenvalue weighted by Gasteiger charge is -2.14. The van der Waals surface area contributed by atoms with Crippen LogP contribution in [-0.2, 0) is 20.7 Å². The van der Waals surface area contributed by atoms with Crippen molar-refractivity contribution in [3.8, 4) is 0 Å². The number of halogens is 1. The molecule has 0 saturated carbocycles. The fourth-order valence-corrected chi connectivity index (χ4v) is 1.84. The Bertz CT molecular complexity index is 440. The molecular weight excluding hydrogens is 240 g/mol. The maximum absolute atomic E-state index is 11.3. The summed E-state index contributed by atoms with van der Waals surface area (Å²) in [6, 6.07) is 5.47. The van der Waals surface area contributed by atoms with Crippen molar-refractivity contribution in [2.45, 2.75) is 25.6 Å². The maximum atomic E-state index is 11.3. The summed E-state index contributed by atoms with van der Waals surface area (Å²) in [5, 5.41) is -0.713. The third-order valence-corrected chi connectivity index (χ3v) is 3.17. The first-order valence-electron chi connectivity index (χ1n) is 5.27. The minimum absolute atomic E-state index is 0.134. The highest BCUT2D eigenvalue weighted by Crippen LogP contribution is 2.27. The summed E-state index contributed by atoms with van der Waals surface area (Å²) in [6.45, 7) is 3.31. The van der Waals surface area contributed by atoms with E-state index < -0.39 is 5.38 Å². The summed E-state index contributed by atoms with van der Waals surface area (Å²) < 4.78 is 4.64. The maximum Gasteiger partial charge on any atom is 0.309 e. The molecule has 1 rings (SSSR count). The minimum atomic E-state index is -0.713. The van der Waals surface area contributed by atoms with Crippen molar-refractivity contribution in [1.82, 2.24) is 0 Å². The number of rotatable bonds is 4. The van der Waals surface area contributed by atoms with Crippen LogP contribution in [0.2, 0.25) is 0 Å². The van der Waals surface area contributed by atoms with Crippen LogP contribution in [0.5, 0.6) is 0 Å². The lowest BCUT2D eigenvalue weighted by atomic mass is 9.95. The van der Waals surface area contributed by atoms with E-state index in [4.69, 9.17) is 11.6 Å². The Balaban J connectivity index is 3.17. The number of ketones is 1. The number of methoxy groups -OCH3 is 1. The van der Waals surface area contributed by atoms with Crippen LogP contribution in [0, 0.1) is 6.92 Å². The van der Waals surface area contributed by atoms with E-state index in [-0.39, 0.29) is 18.2 Å².